The number of nitrogens with zero attached hydrogens (tertiary/aromatic N) is 1. The Morgan fingerprint density at radius 2 is 2.15 bits per heavy atom. The van der Waals surface area contributed by atoms with Gasteiger partial charge in [0.2, 0.25) is 5.76 Å². The van der Waals surface area contributed by atoms with Crippen molar-refractivity contribution in [1.82, 2.24) is 0 Å². The smallest absolute Gasteiger partial charge is 0.358 e. The second kappa shape index (κ2) is 3.18. The molecule has 1 N–H and O–H groups in total. The molecule has 0 aliphatic carbocycles. The fourth-order valence-corrected chi connectivity index (χ4v) is 0.573. The van der Waals surface area contributed by atoms with Gasteiger partial charge in [-0.3, -0.25) is 0 Å². The lowest BCUT2D eigenvalue weighted by Gasteiger charge is -2.20. The molecule has 5 nitrogen and oxygen atoms in total. The van der Waals surface area contributed by atoms with Crippen molar-refractivity contribution in [2.24, 2.45) is 4.99 Å². The van der Waals surface area contributed by atoms with Crippen LogP contribution < -0.4 is 0 Å². The summed E-state index contributed by atoms with van der Waals surface area (Å²) in [6.07, 6.45) is 1.30. The van der Waals surface area contributed by atoms with Gasteiger partial charge in [0.05, 0.1) is 6.20 Å². The summed E-state index contributed by atoms with van der Waals surface area (Å²) in [6, 6.07) is 0. The molecule has 1 aliphatic rings. The van der Waals surface area contributed by atoms with Gasteiger partial charge in [0, 0.05) is 0 Å². The van der Waals surface area contributed by atoms with Crippen molar-refractivity contribution in [2.45, 2.75) is 26.4 Å². The molecule has 0 spiro atoms. The predicted octanol–water partition coefficient (Wildman–Crippen LogP) is 1.11. The second-order valence-electron chi connectivity index (χ2n) is 3.56. The number of carboxylic acid groups (broad SMARTS) is 1. The zero-order valence-electron chi connectivity index (χ0n) is 7.70. The molecular weight excluding hydrogens is 174 g/mol. The minimum Gasteiger partial charge on any atom is -0.476 e. The molecule has 1 rings (SSSR count). The van der Waals surface area contributed by atoms with Crippen molar-refractivity contribution in [1.29, 1.82) is 0 Å². The molecule has 0 bridgehead atoms. The molecule has 0 fully saturated rings. The number of aliphatic imine (C=N–C) groups is 1. The van der Waals surface area contributed by atoms with Gasteiger partial charge in [0.15, 0.2) is 5.71 Å². The van der Waals surface area contributed by atoms with Crippen LogP contribution in [0.4, 0.5) is 0 Å². The summed E-state index contributed by atoms with van der Waals surface area (Å²) < 4.78 is 0. The molecule has 0 atom stereocenters. The Labute approximate surface area is 75.6 Å². The van der Waals surface area contributed by atoms with Crippen LogP contribution in [0.3, 0.4) is 0 Å². The topological polar surface area (TPSA) is 68.1 Å². The highest BCUT2D eigenvalue weighted by Gasteiger charge is 2.26. The Kier molecular flexibility index (Phi) is 2.38. The first kappa shape index (κ1) is 9.73. The van der Waals surface area contributed by atoms with Crippen molar-refractivity contribution in [3.8, 4) is 0 Å². The Balaban J connectivity index is 2.38. The summed E-state index contributed by atoms with van der Waals surface area (Å²) in [7, 11) is 0. The fraction of sp³-hybridized carbons (Fsp3) is 0.500. The average Bonchev–Trinajstić information content (AvgIpc) is 1.79. The standard InChI is InChI=1S/C8H11NO4/c1-8(2,3)13-12-5-4-9-6(5)7(10)11/h4H,1-3H3,(H,10,11). The van der Waals surface area contributed by atoms with Gasteiger partial charge in [-0.15, -0.1) is 0 Å². The Bertz CT molecular complexity index is 285. The third-order valence-electron chi connectivity index (χ3n) is 1.13. The molecule has 0 saturated heterocycles. The van der Waals surface area contributed by atoms with Crippen LogP contribution in [0.2, 0.25) is 0 Å². The molecule has 0 aromatic heterocycles. The largest absolute Gasteiger partial charge is 0.476 e. The highest BCUT2D eigenvalue weighted by Crippen LogP contribution is 2.16. The van der Waals surface area contributed by atoms with E-state index in [1.807, 2.05) is 0 Å². The number of hydrogen-bond acceptors (Lipinski definition) is 4. The van der Waals surface area contributed by atoms with E-state index < -0.39 is 11.6 Å². The summed E-state index contributed by atoms with van der Waals surface area (Å²) in [6.45, 7) is 5.39. The van der Waals surface area contributed by atoms with E-state index in [1.165, 1.54) is 6.20 Å². The molecule has 13 heavy (non-hydrogen) atoms. The average molecular weight is 185 g/mol. The molecule has 0 amide bonds. The van der Waals surface area contributed by atoms with Gasteiger partial charge in [-0.05, 0) is 20.8 Å². The maximum absolute atomic E-state index is 10.4. The molecule has 0 aromatic carbocycles. The van der Waals surface area contributed by atoms with Crippen LogP contribution >= 0.6 is 0 Å². The van der Waals surface area contributed by atoms with Crippen molar-refractivity contribution < 1.29 is 19.7 Å². The lowest BCUT2D eigenvalue weighted by atomic mass is 10.2. The van der Waals surface area contributed by atoms with Crippen molar-refractivity contribution in [3.63, 3.8) is 0 Å². The molecule has 0 radical (unpaired) electrons. The first-order valence-corrected chi connectivity index (χ1v) is 3.77. The highest BCUT2D eigenvalue weighted by molar-refractivity contribution is 6.43. The molecule has 1 aliphatic heterocycles. The van der Waals surface area contributed by atoms with E-state index in [4.69, 9.17) is 14.9 Å². The van der Waals surface area contributed by atoms with Crippen LogP contribution in [0, 0.1) is 0 Å². The van der Waals surface area contributed by atoms with E-state index in [0.717, 1.165) is 0 Å². The Morgan fingerprint density at radius 1 is 1.54 bits per heavy atom. The molecule has 5 heteroatoms. The van der Waals surface area contributed by atoms with Gasteiger partial charge in [-0.25, -0.2) is 9.79 Å². The molecule has 0 saturated carbocycles. The van der Waals surface area contributed by atoms with Crippen LogP contribution in [-0.2, 0) is 14.6 Å². The first-order valence-electron chi connectivity index (χ1n) is 3.77. The van der Waals surface area contributed by atoms with E-state index in [2.05, 4.69) is 4.99 Å². The van der Waals surface area contributed by atoms with Gasteiger partial charge < -0.3 is 9.99 Å². The number of carbonyl (C=O) groups is 1. The maximum Gasteiger partial charge on any atom is 0.358 e. The van der Waals surface area contributed by atoms with E-state index >= 15 is 0 Å². The van der Waals surface area contributed by atoms with Gasteiger partial charge in [-0.2, -0.15) is 4.89 Å². The van der Waals surface area contributed by atoms with Crippen LogP contribution in [0.1, 0.15) is 20.8 Å². The summed E-state index contributed by atoms with van der Waals surface area (Å²) in [5, 5.41) is 8.53. The first-order chi connectivity index (χ1) is 5.90. The van der Waals surface area contributed by atoms with Gasteiger partial charge in [0.1, 0.15) is 5.60 Å². The van der Waals surface area contributed by atoms with Crippen LogP contribution in [-0.4, -0.2) is 22.4 Å². The van der Waals surface area contributed by atoms with Gasteiger partial charge in [0.25, 0.3) is 0 Å². The molecule has 72 valence electrons. The summed E-state index contributed by atoms with van der Waals surface area (Å²) in [5.41, 5.74) is -0.579. The fourth-order valence-electron chi connectivity index (χ4n) is 0.573. The van der Waals surface area contributed by atoms with E-state index in [0.29, 0.717) is 0 Å². The summed E-state index contributed by atoms with van der Waals surface area (Å²) in [4.78, 5) is 23.6. The predicted molar refractivity (Wildman–Crippen MR) is 45.1 cm³/mol. The van der Waals surface area contributed by atoms with Crippen LogP contribution in [0.25, 0.3) is 0 Å². The van der Waals surface area contributed by atoms with Gasteiger partial charge >= 0.3 is 5.97 Å². The summed E-state index contributed by atoms with van der Waals surface area (Å²) >= 11 is 0. The number of aliphatic carboxylic acids is 1. The highest BCUT2D eigenvalue weighted by atomic mass is 17.2. The quantitative estimate of drug-likeness (QED) is 0.528. The zero-order chi connectivity index (χ0) is 10.1. The summed E-state index contributed by atoms with van der Waals surface area (Å²) in [5.74, 6) is -0.961. The van der Waals surface area contributed by atoms with Gasteiger partial charge in [-0.1, -0.05) is 0 Å². The normalized spacial score (nSPS) is 15.6. The zero-order valence-corrected chi connectivity index (χ0v) is 7.70. The molecule has 0 aromatic rings. The second-order valence-corrected chi connectivity index (χ2v) is 3.56. The van der Waals surface area contributed by atoms with E-state index in [1.54, 1.807) is 20.8 Å². The third-order valence-corrected chi connectivity index (χ3v) is 1.13. The van der Waals surface area contributed by atoms with E-state index in [-0.39, 0.29) is 11.5 Å². The Hall–Kier alpha value is -1.36. The molecular formula is C8H11NO4. The number of hydrogen-bond donors (Lipinski definition) is 1. The monoisotopic (exact) mass is 185 g/mol. The minimum atomic E-state index is -1.12. The Morgan fingerprint density at radius 3 is 2.46 bits per heavy atom. The number of rotatable bonds is 3. The van der Waals surface area contributed by atoms with Crippen molar-refractivity contribution in [2.75, 3.05) is 0 Å². The SMILES string of the molecule is CC(C)(C)OOC1=CN=C1C(=O)O. The lowest BCUT2D eigenvalue weighted by molar-refractivity contribution is -0.317. The maximum atomic E-state index is 10.4. The van der Waals surface area contributed by atoms with Crippen molar-refractivity contribution >= 4 is 11.7 Å². The van der Waals surface area contributed by atoms with Crippen LogP contribution in [0.5, 0.6) is 0 Å². The van der Waals surface area contributed by atoms with E-state index in [9.17, 15) is 4.79 Å². The molecule has 0 unspecified atom stereocenters. The minimum absolute atomic E-state index is 0.107. The lowest BCUT2D eigenvalue weighted by Crippen LogP contribution is -2.26. The molecule has 1 heterocycles. The number of carboxylic acids is 1. The van der Waals surface area contributed by atoms with Crippen molar-refractivity contribution in [3.05, 3.63) is 12.0 Å². The third kappa shape index (κ3) is 2.55. The van der Waals surface area contributed by atoms with Crippen LogP contribution in [0.15, 0.2) is 17.0 Å².